The van der Waals surface area contributed by atoms with Crippen molar-refractivity contribution in [1.29, 1.82) is 0 Å². The number of aryl methyl sites for hydroxylation is 2. The lowest BCUT2D eigenvalue weighted by molar-refractivity contribution is -0.123. The second-order valence-electron chi connectivity index (χ2n) is 6.84. The molecule has 31 heavy (non-hydrogen) atoms. The smallest absolute Gasteiger partial charge is 0.343 e. The lowest BCUT2D eigenvalue weighted by atomic mass is 10.1. The van der Waals surface area contributed by atoms with E-state index < -0.39 is 11.9 Å². The molecule has 6 nitrogen and oxygen atoms in total. The van der Waals surface area contributed by atoms with Gasteiger partial charge >= 0.3 is 5.97 Å². The molecular formula is C24H21BrN2O4. The quantitative estimate of drug-likeness (QED) is 0.227. The Labute approximate surface area is 189 Å². The van der Waals surface area contributed by atoms with Crippen molar-refractivity contribution < 1.29 is 19.1 Å². The molecule has 0 bridgehead atoms. The molecule has 0 aliphatic rings. The van der Waals surface area contributed by atoms with Crippen LogP contribution in [0.25, 0.3) is 0 Å². The van der Waals surface area contributed by atoms with E-state index in [4.69, 9.17) is 9.47 Å². The maximum Gasteiger partial charge on any atom is 0.343 e. The molecule has 0 saturated carbocycles. The minimum Gasteiger partial charge on any atom is -0.484 e. The number of carbonyl (C=O) groups is 2. The molecule has 1 N–H and O–H groups in total. The van der Waals surface area contributed by atoms with Crippen molar-refractivity contribution in [2.45, 2.75) is 13.8 Å². The largest absolute Gasteiger partial charge is 0.484 e. The number of rotatable bonds is 7. The van der Waals surface area contributed by atoms with Crippen molar-refractivity contribution in [2.24, 2.45) is 5.10 Å². The van der Waals surface area contributed by atoms with Crippen molar-refractivity contribution in [3.8, 4) is 11.5 Å². The molecule has 3 aromatic rings. The second kappa shape index (κ2) is 10.5. The standard InChI is InChI=1S/C24H21BrN2O4/c1-16-6-9-21(10-7-16)30-15-23(28)27-26-14-19-13-20(25)8-11-22(19)31-24(29)18-5-3-4-17(2)12-18/h3-14H,15H2,1-2H3,(H,27,28)/b26-14+. The van der Waals surface area contributed by atoms with E-state index in [0.29, 0.717) is 22.6 Å². The van der Waals surface area contributed by atoms with Gasteiger partial charge in [-0.1, -0.05) is 51.3 Å². The highest BCUT2D eigenvalue weighted by Gasteiger charge is 2.12. The first-order valence-electron chi connectivity index (χ1n) is 9.50. The summed E-state index contributed by atoms with van der Waals surface area (Å²) in [5.74, 6) is 0.0343. The van der Waals surface area contributed by atoms with Crippen LogP contribution in [0.5, 0.6) is 11.5 Å². The number of ether oxygens (including phenoxy) is 2. The zero-order chi connectivity index (χ0) is 22.2. The number of nitrogens with zero attached hydrogens (tertiary/aromatic N) is 1. The summed E-state index contributed by atoms with van der Waals surface area (Å²) < 4.78 is 11.7. The van der Waals surface area contributed by atoms with Crippen LogP contribution >= 0.6 is 15.9 Å². The highest BCUT2D eigenvalue weighted by Crippen LogP contribution is 2.23. The lowest BCUT2D eigenvalue weighted by Gasteiger charge is -2.09. The molecule has 3 rings (SSSR count). The van der Waals surface area contributed by atoms with Crippen LogP contribution in [0.15, 0.2) is 76.3 Å². The monoisotopic (exact) mass is 480 g/mol. The van der Waals surface area contributed by atoms with E-state index in [1.54, 1.807) is 48.5 Å². The second-order valence-corrected chi connectivity index (χ2v) is 7.75. The number of benzene rings is 3. The number of carbonyl (C=O) groups excluding carboxylic acids is 2. The number of hydrogen-bond donors (Lipinski definition) is 1. The first-order valence-corrected chi connectivity index (χ1v) is 10.3. The molecule has 0 heterocycles. The molecule has 3 aromatic carbocycles. The van der Waals surface area contributed by atoms with Crippen LogP contribution < -0.4 is 14.9 Å². The molecule has 0 atom stereocenters. The normalized spacial score (nSPS) is 10.7. The average molecular weight is 481 g/mol. The summed E-state index contributed by atoms with van der Waals surface area (Å²) in [6.45, 7) is 3.70. The van der Waals surface area contributed by atoms with Gasteiger partial charge in [-0.3, -0.25) is 4.79 Å². The summed E-state index contributed by atoms with van der Waals surface area (Å²) >= 11 is 3.38. The number of amides is 1. The van der Waals surface area contributed by atoms with E-state index in [1.165, 1.54) is 6.21 Å². The van der Waals surface area contributed by atoms with Crippen molar-refractivity contribution in [1.82, 2.24) is 5.43 Å². The van der Waals surface area contributed by atoms with Crippen LogP contribution in [0.3, 0.4) is 0 Å². The summed E-state index contributed by atoms with van der Waals surface area (Å²) in [6.07, 6.45) is 1.41. The van der Waals surface area contributed by atoms with E-state index in [9.17, 15) is 9.59 Å². The highest BCUT2D eigenvalue weighted by molar-refractivity contribution is 9.10. The summed E-state index contributed by atoms with van der Waals surface area (Å²) in [5, 5.41) is 3.95. The van der Waals surface area contributed by atoms with Gasteiger partial charge in [-0.05, 0) is 56.3 Å². The molecule has 1 amide bonds. The molecule has 0 saturated heterocycles. The first kappa shape index (κ1) is 22.2. The van der Waals surface area contributed by atoms with E-state index in [-0.39, 0.29) is 6.61 Å². The molecule has 0 aliphatic heterocycles. The first-order chi connectivity index (χ1) is 14.9. The summed E-state index contributed by atoms with van der Waals surface area (Å²) in [5.41, 5.74) is 5.44. The minimum absolute atomic E-state index is 0.173. The van der Waals surface area contributed by atoms with Gasteiger partial charge in [-0.25, -0.2) is 10.2 Å². The van der Waals surface area contributed by atoms with Crippen molar-refractivity contribution in [3.63, 3.8) is 0 Å². The van der Waals surface area contributed by atoms with Crippen molar-refractivity contribution in [2.75, 3.05) is 6.61 Å². The average Bonchev–Trinajstić information content (AvgIpc) is 2.75. The SMILES string of the molecule is Cc1ccc(OCC(=O)N/N=C/c2cc(Br)ccc2OC(=O)c2cccc(C)c2)cc1. The Morgan fingerprint density at radius 1 is 1.00 bits per heavy atom. The Balaban J connectivity index is 1.61. The Hall–Kier alpha value is -3.45. The van der Waals surface area contributed by atoms with Crippen LogP contribution in [0.4, 0.5) is 0 Å². The Kier molecular flexibility index (Phi) is 7.56. The molecule has 0 aromatic heterocycles. The van der Waals surface area contributed by atoms with Crippen LogP contribution in [0, 0.1) is 13.8 Å². The number of hydrogen-bond acceptors (Lipinski definition) is 5. The van der Waals surface area contributed by atoms with E-state index >= 15 is 0 Å². The van der Waals surface area contributed by atoms with Gasteiger partial charge in [0, 0.05) is 10.0 Å². The number of hydrazone groups is 1. The number of nitrogens with one attached hydrogen (secondary N) is 1. The summed E-state index contributed by atoms with van der Waals surface area (Å²) in [4.78, 5) is 24.4. The third kappa shape index (κ3) is 6.79. The van der Waals surface area contributed by atoms with Crippen molar-refractivity contribution >= 4 is 34.0 Å². The van der Waals surface area contributed by atoms with Gasteiger partial charge in [0.05, 0.1) is 11.8 Å². The van der Waals surface area contributed by atoms with Crippen LogP contribution in [-0.4, -0.2) is 24.7 Å². The minimum atomic E-state index is -0.476. The van der Waals surface area contributed by atoms with Gasteiger partial charge in [0.15, 0.2) is 6.61 Å². The zero-order valence-corrected chi connectivity index (χ0v) is 18.7. The van der Waals surface area contributed by atoms with Gasteiger partial charge in [0.2, 0.25) is 0 Å². The lowest BCUT2D eigenvalue weighted by Crippen LogP contribution is -2.24. The maximum atomic E-state index is 12.5. The Morgan fingerprint density at radius 2 is 1.77 bits per heavy atom. The van der Waals surface area contributed by atoms with Gasteiger partial charge in [-0.15, -0.1) is 0 Å². The molecule has 0 aliphatic carbocycles. The molecule has 0 radical (unpaired) electrons. The van der Waals surface area contributed by atoms with Gasteiger partial charge in [0.25, 0.3) is 5.91 Å². The predicted molar refractivity (Wildman–Crippen MR) is 123 cm³/mol. The number of esters is 1. The van der Waals surface area contributed by atoms with Crippen LogP contribution in [0.2, 0.25) is 0 Å². The van der Waals surface area contributed by atoms with Crippen molar-refractivity contribution in [3.05, 3.63) is 93.5 Å². The van der Waals surface area contributed by atoms with E-state index in [1.807, 2.05) is 32.0 Å². The molecule has 0 fully saturated rings. The van der Waals surface area contributed by atoms with Gasteiger partial charge in [0.1, 0.15) is 11.5 Å². The summed E-state index contributed by atoms with van der Waals surface area (Å²) in [6, 6.07) is 19.7. The fourth-order valence-corrected chi connectivity index (χ4v) is 3.01. The molecule has 0 spiro atoms. The topological polar surface area (TPSA) is 77.0 Å². The Bertz CT molecular complexity index is 1110. The molecule has 7 heteroatoms. The predicted octanol–water partition coefficient (Wildman–Crippen LogP) is 4.81. The fraction of sp³-hybridized carbons (Fsp3) is 0.125. The number of halogens is 1. The van der Waals surface area contributed by atoms with Gasteiger partial charge in [-0.2, -0.15) is 5.10 Å². The Morgan fingerprint density at radius 3 is 2.52 bits per heavy atom. The molecule has 158 valence electrons. The van der Waals surface area contributed by atoms with Crippen LogP contribution in [-0.2, 0) is 4.79 Å². The fourth-order valence-electron chi connectivity index (χ4n) is 2.63. The van der Waals surface area contributed by atoms with Gasteiger partial charge < -0.3 is 9.47 Å². The summed E-state index contributed by atoms with van der Waals surface area (Å²) in [7, 11) is 0. The molecule has 0 unspecified atom stereocenters. The van der Waals surface area contributed by atoms with E-state index in [0.717, 1.165) is 15.6 Å². The third-order valence-electron chi connectivity index (χ3n) is 4.21. The highest BCUT2D eigenvalue weighted by atomic mass is 79.9. The van der Waals surface area contributed by atoms with Crippen LogP contribution in [0.1, 0.15) is 27.0 Å². The molecular weight excluding hydrogens is 460 g/mol. The third-order valence-corrected chi connectivity index (χ3v) is 4.71. The van der Waals surface area contributed by atoms with E-state index in [2.05, 4.69) is 26.5 Å². The maximum absolute atomic E-state index is 12.5. The zero-order valence-electron chi connectivity index (χ0n) is 17.1.